The topological polar surface area (TPSA) is 50.2 Å². The highest BCUT2D eigenvalue weighted by Gasteiger charge is 2.40. The van der Waals surface area contributed by atoms with Gasteiger partial charge >= 0.3 is 0 Å². The Bertz CT molecular complexity index is 844. The molecule has 0 radical (unpaired) electrons. The summed E-state index contributed by atoms with van der Waals surface area (Å²) < 4.78 is 1.86. The number of aromatic nitrogens is 2. The summed E-state index contributed by atoms with van der Waals surface area (Å²) in [6.45, 7) is 6.07. The molecule has 1 fully saturated rings. The minimum atomic E-state index is -0.117. The first-order chi connectivity index (χ1) is 12.1. The van der Waals surface area contributed by atoms with Crippen molar-refractivity contribution in [2.24, 2.45) is 13.0 Å². The number of hydrogen-bond acceptors (Lipinski definition) is 3. The van der Waals surface area contributed by atoms with Crippen molar-refractivity contribution in [3.8, 4) is 0 Å². The molecule has 1 atom stereocenters. The van der Waals surface area contributed by atoms with Gasteiger partial charge in [-0.2, -0.15) is 5.10 Å². The zero-order valence-electron chi connectivity index (χ0n) is 15.0. The summed E-state index contributed by atoms with van der Waals surface area (Å²) in [7, 11) is 1.93. The van der Waals surface area contributed by atoms with E-state index in [0.29, 0.717) is 0 Å². The van der Waals surface area contributed by atoms with Crippen LogP contribution in [0.1, 0.15) is 31.0 Å². The van der Waals surface area contributed by atoms with Crippen molar-refractivity contribution in [3.63, 3.8) is 0 Å². The molecule has 4 rings (SSSR count). The van der Waals surface area contributed by atoms with E-state index in [0.717, 1.165) is 47.0 Å². The Morgan fingerprint density at radius 2 is 1.84 bits per heavy atom. The van der Waals surface area contributed by atoms with E-state index in [-0.39, 0.29) is 11.8 Å². The van der Waals surface area contributed by atoms with E-state index in [1.165, 1.54) is 12.8 Å². The molecule has 1 amide bonds. The minimum Gasteiger partial charge on any atom is -0.353 e. The molecule has 5 nitrogen and oxygen atoms in total. The quantitative estimate of drug-likeness (QED) is 0.931. The fraction of sp³-hybridized carbons (Fsp3) is 0.400. The van der Waals surface area contributed by atoms with Crippen molar-refractivity contribution in [2.75, 3.05) is 23.3 Å². The van der Waals surface area contributed by atoms with Crippen molar-refractivity contribution >= 4 is 23.0 Å². The average molecular weight is 336 g/mol. The van der Waals surface area contributed by atoms with Gasteiger partial charge in [-0.15, -0.1) is 0 Å². The number of aryl methyl sites for hydroxylation is 1. The monoisotopic (exact) mass is 336 g/mol. The average Bonchev–Trinajstić information content (AvgIpc) is 2.96. The van der Waals surface area contributed by atoms with Crippen molar-refractivity contribution < 1.29 is 4.79 Å². The third kappa shape index (κ3) is 2.73. The number of carbonyl (C=O) groups excluding carboxylic acids is 1. The van der Waals surface area contributed by atoms with Crippen LogP contribution in [0.3, 0.4) is 0 Å². The fourth-order valence-electron chi connectivity index (χ4n) is 3.75. The number of rotatable bonds is 4. The molecule has 1 aromatic carbocycles. The smallest absolute Gasteiger partial charge is 0.236 e. The van der Waals surface area contributed by atoms with Gasteiger partial charge in [0.05, 0.1) is 11.6 Å². The second-order valence-corrected chi connectivity index (χ2v) is 6.99. The van der Waals surface area contributed by atoms with Crippen molar-refractivity contribution in [1.29, 1.82) is 0 Å². The van der Waals surface area contributed by atoms with Gasteiger partial charge in [-0.25, -0.2) is 0 Å². The SMILES string of the molecule is CC1=C(c2ccccc2)C1C(=O)Nc1c(N2CCCC2)nn(C)c1C. The summed E-state index contributed by atoms with van der Waals surface area (Å²) in [6.07, 6.45) is 2.37. The fourth-order valence-corrected chi connectivity index (χ4v) is 3.75. The van der Waals surface area contributed by atoms with Crippen molar-refractivity contribution in [2.45, 2.75) is 26.7 Å². The number of nitrogens with one attached hydrogen (secondary N) is 1. The van der Waals surface area contributed by atoms with E-state index in [2.05, 4.69) is 27.4 Å². The predicted octanol–water partition coefficient (Wildman–Crippen LogP) is 3.37. The molecule has 2 aliphatic rings. The van der Waals surface area contributed by atoms with Gasteiger partial charge in [0.1, 0.15) is 5.69 Å². The lowest BCUT2D eigenvalue weighted by Crippen LogP contribution is -2.22. The molecule has 1 saturated heterocycles. The van der Waals surface area contributed by atoms with E-state index < -0.39 is 0 Å². The van der Waals surface area contributed by atoms with Crippen LogP contribution in [-0.2, 0) is 11.8 Å². The van der Waals surface area contributed by atoms with E-state index in [1.807, 2.05) is 43.8 Å². The van der Waals surface area contributed by atoms with Crippen LogP contribution in [0.4, 0.5) is 11.5 Å². The predicted molar refractivity (Wildman–Crippen MR) is 101 cm³/mol. The highest BCUT2D eigenvalue weighted by atomic mass is 16.2. The zero-order chi connectivity index (χ0) is 17.6. The Morgan fingerprint density at radius 1 is 1.16 bits per heavy atom. The maximum absolute atomic E-state index is 12.9. The normalized spacial score (nSPS) is 19.5. The van der Waals surface area contributed by atoms with Gasteiger partial charge < -0.3 is 10.2 Å². The summed E-state index contributed by atoms with van der Waals surface area (Å²) in [4.78, 5) is 15.2. The molecule has 1 aliphatic carbocycles. The zero-order valence-corrected chi connectivity index (χ0v) is 15.0. The molecule has 1 aromatic heterocycles. The van der Waals surface area contributed by atoms with E-state index in [9.17, 15) is 4.79 Å². The third-order valence-electron chi connectivity index (χ3n) is 5.38. The number of benzene rings is 1. The summed E-state index contributed by atoms with van der Waals surface area (Å²) >= 11 is 0. The van der Waals surface area contributed by atoms with Gasteiger partial charge in [0, 0.05) is 20.1 Å². The molecule has 2 heterocycles. The standard InChI is InChI=1S/C20H24N4O/c1-13-16(15-9-5-4-6-10-15)17(13)20(25)21-18-14(2)23(3)22-19(18)24-11-7-8-12-24/h4-6,9-10,17H,7-8,11-12H2,1-3H3,(H,21,25). The molecule has 0 spiro atoms. The maximum Gasteiger partial charge on any atom is 0.236 e. The number of nitrogens with zero attached hydrogens (tertiary/aromatic N) is 3. The first-order valence-corrected chi connectivity index (χ1v) is 8.93. The highest BCUT2D eigenvalue weighted by Crippen LogP contribution is 2.47. The first kappa shape index (κ1) is 15.9. The van der Waals surface area contributed by atoms with Crippen LogP contribution < -0.4 is 10.2 Å². The van der Waals surface area contributed by atoms with Crippen LogP contribution in [0.25, 0.3) is 5.57 Å². The lowest BCUT2D eigenvalue weighted by molar-refractivity contribution is -0.116. The Morgan fingerprint density at radius 3 is 2.52 bits per heavy atom. The van der Waals surface area contributed by atoms with Gasteiger partial charge in [0.15, 0.2) is 5.82 Å². The van der Waals surface area contributed by atoms with Crippen LogP contribution in [0, 0.1) is 12.8 Å². The van der Waals surface area contributed by atoms with E-state index in [4.69, 9.17) is 0 Å². The molecule has 2 aromatic rings. The van der Waals surface area contributed by atoms with E-state index in [1.54, 1.807) is 0 Å². The molecular formula is C20H24N4O. The molecule has 0 bridgehead atoms. The molecule has 25 heavy (non-hydrogen) atoms. The Hall–Kier alpha value is -2.56. The molecule has 1 aliphatic heterocycles. The number of amides is 1. The van der Waals surface area contributed by atoms with Crippen LogP contribution >= 0.6 is 0 Å². The lowest BCUT2D eigenvalue weighted by atomic mass is 10.1. The van der Waals surface area contributed by atoms with Crippen molar-refractivity contribution in [1.82, 2.24) is 9.78 Å². The number of carbonyl (C=O) groups is 1. The maximum atomic E-state index is 12.9. The van der Waals surface area contributed by atoms with Crippen LogP contribution in [0.5, 0.6) is 0 Å². The van der Waals surface area contributed by atoms with Crippen LogP contribution in [-0.4, -0.2) is 28.8 Å². The number of anilines is 2. The van der Waals surface area contributed by atoms with E-state index >= 15 is 0 Å². The third-order valence-corrected chi connectivity index (χ3v) is 5.38. The minimum absolute atomic E-state index is 0.0490. The Kier molecular flexibility index (Phi) is 3.86. The summed E-state index contributed by atoms with van der Waals surface area (Å²) in [5.74, 6) is 0.840. The van der Waals surface area contributed by atoms with Gasteiger partial charge in [-0.05, 0) is 37.8 Å². The van der Waals surface area contributed by atoms with Gasteiger partial charge in [-0.1, -0.05) is 35.9 Å². The Labute approximate surface area is 148 Å². The molecule has 130 valence electrons. The molecule has 5 heteroatoms. The summed E-state index contributed by atoms with van der Waals surface area (Å²) in [6, 6.07) is 10.2. The Balaban J connectivity index is 1.54. The second kappa shape index (κ2) is 6.06. The molecule has 1 unspecified atom stereocenters. The molecular weight excluding hydrogens is 312 g/mol. The molecule has 0 saturated carbocycles. The summed E-state index contributed by atoms with van der Waals surface area (Å²) in [5, 5.41) is 7.80. The van der Waals surface area contributed by atoms with Crippen LogP contribution in [0.15, 0.2) is 35.9 Å². The van der Waals surface area contributed by atoms with Gasteiger partial charge in [-0.3, -0.25) is 9.48 Å². The largest absolute Gasteiger partial charge is 0.353 e. The van der Waals surface area contributed by atoms with Gasteiger partial charge in [0.25, 0.3) is 0 Å². The van der Waals surface area contributed by atoms with Crippen LogP contribution in [0.2, 0.25) is 0 Å². The summed E-state index contributed by atoms with van der Waals surface area (Å²) in [5.41, 5.74) is 5.31. The highest BCUT2D eigenvalue weighted by molar-refractivity contribution is 6.12. The lowest BCUT2D eigenvalue weighted by Gasteiger charge is -2.17. The second-order valence-electron chi connectivity index (χ2n) is 6.99. The van der Waals surface area contributed by atoms with Gasteiger partial charge in [0.2, 0.25) is 5.91 Å². The number of hydrogen-bond donors (Lipinski definition) is 1. The molecule has 1 N–H and O–H groups in total. The van der Waals surface area contributed by atoms with Crippen molar-refractivity contribution in [3.05, 3.63) is 47.2 Å². The first-order valence-electron chi connectivity index (χ1n) is 8.93.